The van der Waals surface area contributed by atoms with Crippen LogP contribution in [0.25, 0.3) is 0 Å². The molecule has 0 saturated carbocycles. The molecule has 0 atom stereocenters. The van der Waals surface area contributed by atoms with E-state index in [1.165, 1.54) is 12.8 Å². The van der Waals surface area contributed by atoms with Crippen LogP contribution in [-0.4, -0.2) is 39.9 Å². The van der Waals surface area contributed by atoms with Gasteiger partial charge in [-0.3, -0.25) is 9.58 Å². The SMILES string of the molecule is COc1nccc(NCc2cc3n(n2)CCCN(CC(C)C)C3)c1C#N. The van der Waals surface area contributed by atoms with Crippen molar-refractivity contribution in [2.45, 2.75) is 39.9 Å². The molecule has 2 aromatic heterocycles. The number of hydrogen-bond donors (Lipinski definition) is 1. The summed E-state index contributed by atoms with van der Waals surface area (Å²) in [6, 6.07) is 6.10. The number of nitriles is 1. The highest BCUT2D eigenvalue weighted by Gasteiger charge is 2.17. The number of hydrogen-bond acceptors (Lipinski definition) is 6. The molecular weight excluding hydrogens is 328 g/mol. The molecule has 1 aliphatic heterocycles. The molecule has 7 heteroatoms. The van der Waals surface area contributed by atoms with Crippen LogP contribution in [0.4, 0.5) is 5.69 Å². The van der Waals surface area contributed by atoms with Crippen molar-refractivity contribution in [3.05, 3.63) is 35.3 Å². The summed E-state index contributed by atoms with van der Waals surface area (Å²) in [6.45, 7) is 9.21. The normalized spacial score (nSPS) is 14.6. The second kappa shape index (κ2) is 8.19. The van der Waals surface area contributed by atoms with Gasteiger partial charge in [0.05, 0.1) is 30.7 Å². The van der Waals surface area contributed by atoms with E-state index in [0.29, 0.717) is 29.6 Å². The Morgan fingerprint density at radius 3 is 2.96 bits per heavy atom. The molecule has 3 heterocycles. The van der Waals surface area contributed by atoms with Crippen LogP contribution >= 0.6 is 0 Å². The maximum atomic E-state index is 9.36. The second-order valence-corrected chi connectivity index (χ2v) is 7.04. The summed E-state index contributed by atoms with van der Waals surface area (Å²) in [5, 5.41) is 17.4. The Balaban J connectivity index is 1.71. The van der Waals surface area contributed by atoms with Gasteiger partial charge >= 0.3 is 0 Å². The number of ether oxygens (including phenoxy) is 1. The molecule has 0 unspecified atom stereocenters. The van der Waals surface area contributed by atoms with Crippen LogP contribution in [0.15, 0.2) is 18.3 Å². The number of aromatic nitrogens is 3. The quantitative estimate of drug-likeness (QED) is 0.859. The summed E-state index contributed by atoms with van der Waals surface area (Å²) in [6.07, 6.45) is 2.75. The minimum absolute atomic E-state index is 0.336. The number of aryl methyl sites for hydroxylation is 1. The number of methoxy groups -OCH3 is 1. The fraction of sp³-hybridized carbons (Fsp3) is 0.526. The smallest absolute Gasteiger partial charge is 0.233 e. The lowest BCUT2D eigenvalue weighted by atomic mass is 10.2. The lowest BCUT2D eigenvalue weighted by Gasteiger charge is -2.21. The van der Waals surface area contributed by atoms with Crippen LogP contribution in [-0.2, 0) is 19.6 Å². The molecule has 1 aliphatic rings. The molecule has 0 fully saturated rings. The number of nitrogens with zero attached hydrogens (tertiary/aromatic N) is 5. The van der Waals surface area contributed by atoms with E-state index < -0.39 is 0 Å². The lowest BCUT2D eigenvalue weighted by Crippen LogP contribution is -2.27. The molecule has 0 aromatic carbocycles. The Labute approximate surface area is 154 Å². The highest BCUT2D eigenvalue weighted by molar-refractivity contribution is 5.61. The first-order valence-electron chi connectivity index (χ1n) is 9.05. The van der Waals surface area contributed by atoms with Gasteiger partial charge in [-0.05, 0) is 24.5 Å². The Morgan fingerprint density at radius 2 is 2.23 bits per heavy atom. The van der Waals surface area contributed by atoms with Crippen molar-refractivity contribution in [1.29, 1.82) is 5.26 Å². The van der Waals surface area contributed by atoms with Gasteiger partial charge in [-0.15, -0.1) is 0 Å². The van der Waals surface area contributed by atoms with Gasteiger partial charge in [-0.2, -0.15) is 10.4 Å². The first kappa shape index (κ1) is 18.2. The summed E-state index contributed by atoms with van der Waals surface area (Å²) >= 11 is 0. The van der Waals surface area contributed by atoms with Crippen molar-refractivity contribution in [2.75, 3.05) is 25.5 Å². The number of rotatable bonds is 6. The Bertz CT molecular complexity index is 792. The van der Waals surface area contributed by atoms with E-state index in [-0.39, 0.29) is 0 Å². The second-order valence-electron chi connectivity index (χ2n) is 7.04. The maximum absolute atomic E-state index is 9.36. The van der Waals surface area contributed by atoms with E-state index in [2.05, 4.69) is 45.9 Å². The van der Waals surface area contributed by atoms with Gasteiger partial charge in [0, 0.05) is 32.4 Å². The molecule has 0 amide bonds. The third-order valence-corrected chi connectivity index (χ3v) is 4.45. The number of nitrogens with one attached hydrogen (secondary N) is 1. The van der Waals surface area contributed by atoms with E-state index in [1.807, 2.05) is 0 Å². The maximum Gasteiger partial charge on any atom is 0.233 e. The van der Waals surface area contributed by atoms with Gasteiger partial charge in [-0.25, -0.2) is 4.98 Å². The van der Waals surface area contributed by atoms with Crippen LogP contribution in [0.1, 0.15) is 37.2 Å². The van der Waals surface area contributed by atoms with Crippen LogP contribution in [0, 0.1) is 17.2 Å². The topological polar surface area (TPSA) is 79.0 Å². The predicted octanol–water partition coefficient (Wildman–Crippen LogP) is 2.63. The van der Waals surface area contributed by atoms with Crippen molar-refractivity contribution >= 4 is 5.69 Å². The van der Waals surface area contributed by atoms with E-state index in [9.17, 15) is 5.26 Å². The van der Waals surface area contributed by atoms with Gasteiger partial charge in [0.15, 0.2) is 0 Å². The molecule has 0 saturated heterocycles. The molecule has 3 rings (SSSR count). The zero-order chi connectivity index (χ0) is 18.5. The summed E-state index contributed by atoms with van der Waals surface area (Å²) in [5.74, 6) is 0.999. The van der Waals surface area contributed by atoms with Crippen molar-refractivity contribution in [3.63, 3.8) is 0 Å². The Hall–Kier alpha value is -2.59. The largest absolute Gasteiger partial charge is 0.480 e. The van der Waals surface area contributed by atoms with E-state index >= 15 is 0 Å². The zero-order valence-corrected chi connectivity index (χ0v) is 15.7. The Kier molecular flexibility index (Phi) is 5.74. The number of pyridine rings is 1. The van der Waals surface area contributed by atoms with E-state index in [0.717, 1.165) is 38.3 Å². The molecule has 2 aromatic rings. The van der Waals surface area contributed by atoms with Gasteiger partial charge in [0.2, 0.25) is 5.88 Å². The summed E-state index contributed by atoms with van der Waals surface area (Å²) in [4.78, 5) is 6.57. The van der Waals surface area contributed by atoms with Gasteiger partial charge < -0.3 is 10.1 Å². The minimum atomic E-state index is 0.336. The number of fused-ring (bicyclic) bond motifs is 1. The monoisotopic (exact) mass is 354 g/mol. The average Bonchev–Trinajstić information content (AvgIpc) is 2.91. The zero-order valence-electron chi connectivity index (χ0n) is 15.7. The fourth-order valence-electron chi connectivity index (χ4n) is 3.39. The molecule has 0 radical (unpaired) electrons. The average molecular weight is 354 g/mol. The third kappa shape index (κ3) is 4.14. The van der Waals surface area contributed by atoms with Gasteiger partial charge in [0.25, 0.3) is 0 Å². The molecule has 0 aliphatic carbocycles. The summed E-state index contributed by atoms with van der Waals surface area (Å²) < 4.78 is 7.27. The standard InChI is InChI=1S/C19H26N6O/c1-14(2)12-24-7-4-8-25-16(13-24)9-15(23-25)11-22-18-5-6-21-19(26-3)17(18)10-20/h5-6,9,14H,4,7-8,11-13H2,1-3H3,(H,21,22). The van der Waals surface area contributed by atoms with Crippen LogP contribution < -0.4 is 10.1 Å². The molecule has 0 spiro atoms. The third-order valence-electron chi connectivity index (χ3n) is 4.45. The van der Waals surface area contributed by atoms with E-state index in [4.69, 9.17) is 9.84 Å². The number of anilines is 1. The molecule has 1 N–H and O–H groups in total. The highest BCUT2D eigenvalue weighted by Crippen LogP contribution is 2.23. The highest BCUT2D eigenvalue weighted by atomic mass is 16.5. The first-order valence-corrected chi connectivity index (χ1v) is 9.05. The molecular formula is C19H26N6O. The summed E-state index contributed by atoms with van der Waals surface area (Å²) in [5.41, 5.74) is 3.36. The van der Waals surface area contributed by atoms with Crippen molar-refractivity contribution in [1.82, 2.24) is 19.7 Å². The van der Waals surface area contributed by atoms with E-state index in [1.54, 1.807) is 12.3 Å². The molecule has 0 bridgehead atoms. The molecule has 26 heavy (non-hydrogen) atoms. The predicted molar refractivity (Wildman–Crippen MR) is 99.8 cm³/mol. The van der Waals surface area contributed by atoms with Crippen LogP contribution in [0.2, 0.25) is 0 Å². The lowest BCUT2D eigenvalue weighted by molar-refractivity contribution is 0.240. The molecule has 138 valence electrons. The fourth-order valence-corrected chi connectivity index (χ4v) is 3.39. The summed E-state index contributed by atoms with van der Waals surface area (Å²) in [7, 11) is 1.52. The van der Waals surface area contributed by atoms with Crippen LogP contribution in [0.5, 0.6) is 5.88 Å². The van der Waals surface area contributed by atoms with Gasteiger partial charge in [-0.1, -0.05) is 13.8 Å². The minimum Gasteiger partial charge on any atom is -0.480 e. The first-order chi connectivity index (χ1) is 12.6. The van der Waals surface area contributed by atoms with Crippen molar-refractivity contribution in [2.24, 2.45) is 5.92 Å². The molecule has 7 nitrogen and oxygen atoms in total. The Morgan fingerprint density at radius 1 is 1.38 bits per heavy atom. The van der Waals surface area contributed by atoms with Crippen molar-refractivity contribution in [3.8, 4) is 11.9 Å². The van der Waals surface area contributed by atoms with Crippen molar-refractivity contribution < 1.29 is 4.74 Å². The van der Waals surface area contributed by atoms with Gasteiger partial charge in [0.1, 0.15) is 11.6 Å². The van der Waals surface area contributed by atoms with Crippen LogP contribution in [0.3, 0.4) is 0 Å².